The minimum Gasteiger partial charge on any atom is -0.481 e. The van der Waals surface area contributed by atoms with Crippen LogP contribution < -0.4 is 31.7 Å². The van der Waals surface area contributed by atoms with Gasteiger partial charge in [0.25, 0.3) is 0 Å². The van der Waals surface area contributed by atoms with E-state index in [9.17, 15) is 14.9 Å². The van der Waals surface area contributed by atoms with Crippen LogP contribution in [0.4, 0.5) is 11.4 Å². The van der Waals surface area contributed by atoms with E-state index in [1.54, 1.807) is 0 Å². The average Bonchev–Trinajstić information content (AvgIpc) is 2.93. The molecular weight excluding hydrogens is 496 g/mol. The number of carboxylic acid groups (broad SMARTS) is 1. The molecule has 11 heteroatoms. The third-order valence-electron chi connectivity index (χ3n) is 9.17. The molecule has 0 bridgehead atoms. The minimum absolute atomic E-state index is 0.0258. The topological polar surface area (TPSA) is 145 Å². The number of carboxylic acids is 1. The van der Waals surface area contributed by atoms with Gasteiger partial charge in [-0.15, -0.1) is 0 Å². The number of hydrazine groups is 1. The maximum atomic E-state index is 12.9. The van der Waals surface area contributed by atoms with Gasteiger partial charge in [0.05, 0.1) is 23.6 Å². The number of piperidine rings is 2. The van der Waals surface area contributed by atoms with Crippen molar-refractivity contribution in [3.63, 3.8) is 0 Å². The Balaban J connectivity index is 1.22. The fraction of sp³-hybridized carbons (Fsp3) is 0.679. The molecule has 11 nitrogen and oxygen atoms in total. The third kappa shape index (κ3) is 6.30. The number of likely N-dealkylation sites (tertiary alicyclic amines) is 1. The van der Waals surface area contributed by atoms with Gasteiger partial charge in [-0.1, -0.05) is 0 Å². The second-order valence-corrected chi connectivity index (χ2v) is 12.1. The van der Waals surface area contributed by atoms with Gasteiger partial charge < -0.3 is 15.3 Å². The molecule has 0 aromatic heterocycles. The van der Waals surface area contributed by atoms with Crippen LogP contribution in [0.3, 0.4) is 0 Å². The number of benzene rings is 1. The molecule has 4 atom stereocenters. The predicted molar refractivity (Wildman–Crippen MR) is 148 cm³/mol. The number of hydrogen-bond donors (Lipinski definition) is 6. The average molecular weight is 539 g/mol. The molecule has 6 N–H and O–H groups in total. The normalized spacial score (nSPS) is 29.3. The number of nitrogens with zero attached hydrogens (tertiary/aromatic N) is 3. The number of amides is 1. The molecule has 5 rings (SSSR count). The Bertz CT molecular complexity index is 1060. The van der Waals surface area contributed by atoms with Crippen LogP contribution in [0.25, 0.3) is 0 Å². The van der Waals surface area contributed by atoms with E-state index < -0.39 is 5.97 Å². The maximum absolute atomic E-state index is 12.9. The van der Waals surface area contributed by atoms with E-state index in [4.69, 9.17) is 5.11 Å². The van der Waals surface area contributed by atoms with Crippen molar-refractivity contribution in [2.24, 2.45) is 23.2 Å². The number of carbonyl (C=O) groups excluding carboxylic acids is 1. The number of nitrogens with one attached hydrogen (secondary N) is 5. The summed E-state index contributed by atoms with van der Waals surface area (Å²) in [6.07, 6.45) is 3.65. The Morgan fingerprint density at radius 1 is 1.10 bits per heavy atom. The molecule has 4 heterocycles. The molecule has 4 unspecified atom stereocenters. The molecule has 1 aromatic rings. The first kappa shape index (κ1) is 27.6. The highest BCUT2D eigenvalue weighted by atomic mass is 16.4. The summed E-state index contributed by atoms with van der Waals surface area (Å²) >= 11 is 0. The van der Waals surface area contributed by atoms with E-state index in [2.05, 4.69) is 66.9 Å². The van der Waals surface area contributed by atoms with Crippen molar-refractivity contribution in [1.29, 1.82) is 5.26 Å². The SMILES string of the molecule is CC(C)(C#N)C1CCN(C2NC3CNNC(=O)C3C(Nc3ccc(N4CCC(CC(=O)O)CC4)cc3)N2)CC1. The Morgan fingerprint density at radius 2 is 1.79 bits per heavy atom. The van der Waals surface area contributed by atoms with Crippen LogP contribution in [-0.2, 0) is 9.59 Å². The summed E-state index contributed by atoms with van der Waals surface area (Å²) in [7, 11) is 0. The summed E-state index contributed by atoms with van der Waals surface area (Å²) in [5.74, 6) is -0.406. The second-order valence-electron chi connectivity index (χ2n) is 12.1. The monoisotopic (exact) mass is 538 g/mol. The fourth-order valence-corrected chi connectivity index (χ4v) is 6.62. The summed E-state index contributed by atoms with van der Waals surface area (Å²) in [5, 5.41) is 29.5. The number of carbonyl (C=O) groups is 2. The van der Waals surface area contributed by atoms with Gasteiger partial charge >= 0.3 is 5.97 Å². The summed E-state index contributed by atoms with van der Waals surface area (Å²) in [6, 6.07) is 10.8. The number of anilines is 2. The summed E-state index contributed by atoms with van der Waals surface area (Å²) in [5.41, 5.74) is 7.57. The third-order valence-corrected chi connectivity index (χ3v) is 9.17. The number of fused-ring (bicyclic) bond motifs is 1. The van der Waals surface area contributed by atoms with E-state index >= 15 is 0 Å². The van der Waals surface area contributed by atoms with Crippen LogP contribution in [0, 0.1) is 34.5 Å². The molecule has 0 radical (unpaired) electrons. The van der Waals surface area contributed by atoms with Gasteiger partial charge in [0.1, 0.15) is 6.29 Å². The van der Waals surface area contributed by atoms with Crippen LogP contribution >= 0.6 is 0 Å². The van der Waals surface area contributed by atoms with E-state index in [0.29, 0.717) is 12.5 Å². The van der Waals surface area contributed by atoms with E-state index in [1.807, 2.05) is 13.8 Å². The van der Waals surface area contributed by atoms with Crippen molar-refractivity contribution < 1.29 is 14.7 Å². The first-order valence-corrected chi connectivity index (χ1v) is 14.3. The van der Waals surface area contributed by atoms with Crippen molar-refractivity contribution in [1.82, 2.24) is 26.4 Å². The van der Waals surface area contributed by atoms with Crippen molar-refractivity contribution in [3.05, 3.63) is 24.3 Å². The minimum atomic E-state index is -0.713. The van der Waals surface area contributed by atoms with Crippen molar-refractivity contribution in [2.45, 2.75) is 64.4 Å². The summed E-state index contributed by atoms with van der Waals surface area (Å²) in [4.78, 5) is 28.6. The molecule has 0 aliphatic carbocycles. The van der Waals surface area contributed by atoms with Gasteiger partial charge in [-0.05, 0) is 75.6 Å². The van der Waals surface area contributed by atoms with Gasteiger partial charge in [0.2, 0.25) is 5.91 Å². The number of nitriles is 1. The van der Waals surface area contributed by atoms with Crippen LogP contribution in [0.5, 0.6) is 0 Å². The standard InChI is InChI=1S/C28H42N8O3/c1-28(2,17-29)19-9-13-36(14-10-19)27-32-22-16-30-34-26(39)24(22)25(33-27)31-20-3-5-21(6-4-20)35-11-7-18(8-12-35)15-23(37)38/h3-6,18-19,22,24-25,27,30-33H,7-16H2,1-2H3,(H,34,39)(H,37,38). The van der Waals surface area contributed by atoms with Crippen LogP contribution in [0.15, 0.2) is 24.3 Å². The molecule has 4 aliphatic rings. The summed E-state index contributed by atoms with van der Waals surface area (Å²) < 4.78 is 0. The Hall–Kier alpha value is -2.91. The number of hydrogen-bond acceptors (Lipinski definition) is 9. The fourth-order valence-electron chi connectivity index (χ4n) is 6.62. The molecule has 0 saturated carbocycles. The molecular formula is C28H42N8O3. The highest BCUT2D eigenvalue weighted by Crippen LogP contribution is 2.35. The van der Waals surface area contributed by atoms with E-state index in [1.165, 1.54) is 0 Å². The lowest BCUT2D eigenvalue weighted by Crippen LogP contribution is -2.77. The zero-order valence-corrected chi connectivity index (χ0v) is 22.9. The summed E-state index contributed by atoms with van der Waals surface area (Å²) in [6.45, 7) is 8.22. The van der Waals surface area contributed by atoms with Gasteiger partial charge in [0, 0.05) is 56.6 Å². The molecule has 4 saturated heterocycles. The number of rotatable bonds is 7. The largest absolute Gasteiger partial charge is 0.481 e. The second kappa shape index (κ2) is 11.7. The van der Waals surface area contributed by atoms with Gasteiger partial charge in [-0.25, -0.2) is 5.43 Å². The van der Waals surface area contributed by atoms with E-state index in [-0.39, 0.29) is 48.1 Å². The van der Waals surface area contributed by atoms with Crippen LogP contribution in [-0.4, -0.2) is 73.1 Å². The first-order chi connectivity index (χ1) is 18.7. The van der Waals surface area contributed by atoms with Gasteiger partial charge in [-0.2, -0.15) is 5.26 Å². The molecule has 4 aliphatic heterocycles. The molecule has 4 fully saturated rings. The van der Waals surface area contributed by atoms with E-state index in [0.717, 1.165) is 63.2 Å². The van der Waals surface area contributed by atoms with Gasteiger partial charge in [0.15, 0.2) is 0 Å². The molecule has 1 aromatic carbocycles. The Labute approximate surface area is 230 Å². The van der Waals surface area contributed by atoms with Gasteiger partial charge in [-0.3, -0.25) is 30.5 Å². The molecule has 39 heavy (non-hydrogen) atoms. The lowest BCUT2D eigenvalue weighted by molar-refractivity contribution is -0.138. The highest BCUT2D eigenvalue weighted by Gasteiger charge is 2.45. The van der Waals surface area contributed by atoms with Crippen molar-refractivity contribution in [3.8, 4) is 6.07 Å². The lowest BCUT2D eigenvalue weighted by atomic mass is 9.75. The Morgan fingerprint density at radius 3 is 2.44 bits per heavy atom. The molecule has 212 valence electrons. The quantitative estimate of drug-likeness (QED) is 0.302. The Kier molecular flexibility index (Phi) is 8.28. The highest BCUT2D eigenvalue weighted by molar-refractivity contribution is 5.81. The van der Waals surface area contributed by atoms with Crippen LogP contribution in [0.2, 0.25) is 0 Å². The zero-order valence-electron chi connectivity index (χ0n) is 22.9. The zero-order chi connectivity index (χ0) is 27.6. The number of aliphatic carboxylic acids is 1. The molecule has 0 spiro atoms. The van der Waals surface area contributed by atoms with Crippen molar-refractivity contribution >= 4 is 23.3 Å². The van der Waals surface area contributed by atoms with Crippen LogP contribution in [0.1, 0.15) is 46.0 Å². The molecule has 1 amide bonds. The lowest BCUT2D eigenvalue weighted by Gasteiger charge is -2.50. The predicted octanol–water partition coefficient (Wildman–Crippen LogP) is 1.47. The first-order valence-electron chi connectivity index (χ1n) is 14.3. The maximum Gasteiger partial charge on any atom is 0.303 e. The van der Waals surface area contributed by atoms with Crippen molar-refractivity contribution in [2.75, 3.05) is 42.9 Å². The smallest absolute Gasteiger partial charge is 0.303 e.